The molecule has 20 heavy (non-hydrogen) atoms. The highest BCUT2D eigenvalue weighted by Gasteiger charge is 2.13. The van der Waals surface area contributed by atoms with Crippen LogP contribution in [-0.4, -0.2) is 17.4 Å². The molecular formula is C15H19N3OS. The van der Waals surface area contributed by atoms with Crippen LogP contribution in [-0.2, 0) is 10.2 Å². The van der Waals surface area contributed by atoms with Gasteiger partial charge in [0, 0.05) is 10.9 Å². The molecule has 0 bridgehead atoms. The number of rotatable bonds is 3. The van der Waals surface area contributed by atoms with Crippen LogP contribution in [0.15, 0.2) is 29.6 Å². The number of carbonyl (C=O) groups is 1. The summed E-state index contributed by atoms with van der Waals surface area (Å²) in [6, 6.07) is 8.36. The number of nitrogens with two attached hydrogens (primary N) is 1. The van der Waals surface area contributed by atoms with Gasteiger partial charge in [0.25, 0.3) is 0 Å². The van der Waals surface area contributed by atoms with Crippen molar-refractivity contribution in [2.75, 3.05) is 11.9 Å². The van der Waals surface area contributed by atoms with E-state index in [1.807, 2.05) is 5.38 Å². The number of carbonyl (C=O) groups excluding carboxylic acids is 1. The summed E-state index contributed by atoms with van der Waals surface area (Å²) in [4.78, 5) is 15.6. The van der Waals surface area contributed by atoms with E-state index in [4.69, 9.17) is 5.73 Å². The SMILES string of the molecule is CC(C)(C)c1ccc(-c2csc(NC(=O)CN)n2)cc1. The number of benzene rings is 1. The Morgan fingerprint density at radius 3 is 2.50 bits per heavy atom. The van der Waals surface area contributed by atoms with Crippen molar-refractivity contribution in [1.82, 2.24) is 4.98 Å². The molecule has 0 spiro atoms. The average molecular weight is 289 g/mol. The summed E-state index contributed by atoms with van der Waals surface area (Å²) in [5, 5.41) is 5.17. The summed E-state index contributed by atoms with van der Waals surface area (Å²) in [7, 11) is 0. The van der Waals surface area contributed by atoms with Crippen molar-refractivity contribution in [1.29, 1.82) is 0 Å². The van der Waals surface area contributed by atoms with Crippen LogP contribution in [0.5, 0.6) is 0 Å². The number of amides is 1. The van der Waals surface area contributed by atoms with Gasteiger partial charge in [-0.05, 0) is 11.0 Å². The van der Waals surface area contributed by atoms with E-state index in [1.54, 1.807) is 0 Å². The molecule has 2 rings (SSSR count). The number of nitrogens with one attached hydrogen (secondary N) is 1. The van der Waals surface area contributed by atoms with E-state index in [9.17, 15) is 4.79 Å². The molecule has 5 heteroatoms. The van der Waals surface area contributed by atoms with Crippen LogP contribution < -0.4 is 11.1 Å². The van der Waals surface area contributed by atoms with Crippen molar-refractivity contribution in [2.24, 2.45) is 5.73 Å². The molecule has 0 aliphatic rings. The third kappa shape index (κ3) is 3.43. The summed E-state index contributed by atoms with van der Waals surface area (Å²) in [5.74, 6) is -0.228. The smallest absolute Gasteiger partial charge is 0.239 e. The number of nitrogens with zero attached hydrogens (tertiary/aromatic N) is 1. The van der Waals surface area contributed by atoms with E-state index < -0.39 is 0 Å². The lowest BCUT2D eigenvalue weighted by molar-refractivity contribution is -0.114. The summed E-state index contributed by atoms with van der Waals surface area (Å²) in [6.07, 6.45) is 0. The maximum atomic E-state index is 11.2. The summed E-state index contributed by atoms with van der Waals surface area (Å²) in [6.45, 7) is 6.52. The zero-order valence-corrected chi connectivity index (χ0v) is 12.8. The predicted molar refractivity (Wildman–Crippen MR) is 83.9 cm³/mol. The maximum absolute atomic E-state index is 11.2. The molecule has 0 fully saturated rings. The molecule has 106 valence electrons. The molecule has 0 aliphatic carbocycles. The highest BCUT2D eigenvalue weighted by atomic mass is 32.1. The number of hydrogen-bond acceptors (Lipinski definition) is 4. The second-order valence-electron chi connectivity index (χ2n) is 5.62. The van der Waals surface area contributed by atoms with Crippen molar-refractivity contribution in [3.05, 3.63) is 35.2 Å². The molecule has 1 aromatic heterocycles. The monoisotopic (exact) mass is 289 g/mol. The Kier molecular flexibility index (Phi) is 4.20. The fourth-order valence-electron chi connectivity index (χ4n) is 1.78. The Bertz CT molecular complexity index is 596. The highest BCUT2D eigenvalue weighted by Crippen LogP contribution is 2.28. The van der Waals surface area contributed by atoms with Gasteiger partial charge in [-0.25, -0.2) is 4.98 Å². The van der Waals surface area contributed by atoms with Gasteiger partial charge in [0.05, 0.1) is 12.2 Å². The van der Waals surface area contributed by atoms with Crippen LogP contribution in [0.25, 0.3) is 11.3 Å². The van der Waals surface area contributed by atoms with Gasteiger partial charge in [-0.1, -0.05) is 45.0 Å². The van der Waals surface area contributed by atoms with Crippen molar-refractivity contribution in [3.8, 4) is 11.3 Å². The molecule has 0 saturated heterocycles. The third-order valence-electron chi connectivity index (χ3n) is 2.98. The molecule has 1 heterocycles. The Morgan fingerprint density at radius 2 is 1.95 bits per heavy atom. The number of thiazole rings is 1. The van der Waals surface area contributed by atoms with Gasteiger partial charge < -0.3 is 11.1 Å². The third-order valence-corrected chi connectivity index (χ3v) is 3.74. The number of anilines is 1. The quantitative estimate of drug-likeness (QED) is 0.912. The minimum atomic E-state index is -0.228. The van der Waals surface area contributed by atoms with Crippen molar-refractivity contribution in [2.45, 2.75) is 26.2 Å². The fraction of sp³-hybridized carbons (Fsp3) is 0.333. The topological polar surface area (TPSA) is 68.0 Å². The fourth-order valence-corrected chi connectivity index (χ4v) is 2.51. The molecular weight excluding hydrogens is 270 g/mol. The lowest BCUT2D eigenvalue weighted by atomic mass is 9.86. The maximum Gasteiger partial charge on any atom is 0.239 e. The van der Waals surface area contributed by atoms with Crippen LogP contribution >= 0.6 is 11.3 Å². The Morgan fingerprint density at radius 1 is 1.30 bits per heavy atom. The van der Waals surface area contributed by atoms with E-state index in [1.165, 1.54) is 16.9 Å². The second kappa shape index (κ2) is 5.73. The van der Waals surface area contributed by atoms with E-state index in [-0.39, 0.29) is 17.9 Å². The standard InChI is InChI=1S/C15H19N3OS/c1-15(2,3)11-6-4-10(5-7-11)12-9-20-14(17-12)18-13(19)8-16/h4-7,9H,8,16H2,1-3H3,(H,17,18,19). The first kappa shape index (κ1) is 14.7. The molecule has 0 unspecified atom stereocenters. The summed E-state index contributed by atoms with van der Waals surface area (Å²) >= 11 is 1.40. The Hall–Kier alpha value is -1.72. The van der Waals surface area contributed by atoms with Crippen LogP contribution in [0.2, 0.25) is 0 Å². The van der Waals surface area contributed by atoms with E-state index in [0.29, 0.717) is 5.13 Å². The van der Waals surface area contributed by atoms with Gasteiger partial charge in [-0.3, -0.25) is 4.79 Å². The highest BCUT2D eigenvalue weighted by molar-refractivity contribution is 7.14. The molecule has 1 amide bonds. The second-order valence-corrected chi connectivity index (χ2v) is 6.48. The van der Waals surface area contributed by atoms with Crippen LogP contribution in [0.3, 0.4) is 0 Å². The van der Waals surface area contributed by atoms with E-state index in [0.717, 1.165) is 11.3 Å². The minimum absolute atomic E-state index is 0.0325. The minimum Gasteiger partial charge on any atom is -0.322 e. The lowest BCUT2D eigenvalue weighted by Crippen LogP contribution is -2.21. The molecule has 1 aromatic carbocycles. The van der Waals surface area contributed by atoms with Gasteiger partial charge in [0.15, 0.2) is 5.13 Å². The zero-order valence-electron chi connectivity index (χ0n) is 11.9. The van der Waals surface area contributed by atoms with Gasteiger partial charge in [-0.2, -0.15) is 0 Å². The molecule has 2 aromatic rings. The van der Waals surface area contributed by atoms with E-state index in [2.05, 4.69) is 55.3 Å². The Labute approximate surface area is 123 Å². The number of aromatic nitrogens is 1. The summed E-state index contributed by atoms with van der Waals surface area (Å²) in [5.41, 5.74) is 8.59. The largest absolute Gasteiger partial charge is 0.322 e. The predicted octanol–water partition coefficient (Wildman–Crippen LogP) is 3.00. The van der Waals surface area contributed by atoms with E-state index >= 15 is 0 Å². The average Bonchev–Trinajstić information content (AvgIpc) is 2.86. The lowest BCUT2D eigenvalue weighted by Gasteiger charge is -2.18. The normalized spacial score (nSPS) is 11.4. The first-order chi connectivity index (χ1) is 9.40. The van der Waals surface area contributed by atoms with Crippen molar-refractivity contribution >= 4 is 22.4 Å². The van der Waals surface area contributed by atoms with Gasteiger partial charge in [0.2, 0.25) is 5.91 Å². The molecule has 0 atom stereocenters. The first-order valence-electron chi connectivity index (χ1n) is 6.46. The molecule has 4 nitrogen and oxygen atoms in total. The molecule has 3 N–H and O–H groups in total. The molecule has 0 aliphatic heterocycles. The molecule has 0 saturated carbocycles. The van der Waals surface area contributed by atoms with Gasteiger partial charge in [0.1, 0.15) is 0 Å². The number of hydrogen-bond donors (Lipinski definition) is 2. The first-order valence-corrected chi connectivity index (χ1v) is 7.34. The van der Waals surface area contributed by atoms with Crippen LogP contribution in [0.1, 0.15) is 26.3 Å². The van der Waals surface area contributed by atoms with Crippen LogP contribution in [0.4, 0.5) is 5.13 Å². The van der Waals surface area contributed by atoms with Crippen molar-refractivity contribution < 1.29 is 4.79 Å². The van der Waals surface area contributed by atoms with Crippen molar-refractivity contribution in [3.63, 3.8) is 0 Å². The molecule has 0 radical (unpaired) electrons. The summed E-state index contributed by atoms with van der Waals surface area (Å²) < 4.78 is 0. The van der Waals surface area contributed by atoms with Gasteiger partial charge in [-0.15, -0.1) is 11.3 Å². The Balaban J connectivity index is 2.18. The van der Waals surface area contributed by atoms with Gasteiger partial charge >= 0.3 is 0 Å². The van der Waals surface area contributed by atoms with Crippen LogP contribution in [0, 0.1) is 0 Å². The zero-order chi connectivity index (χ0) is 14.8.